The fraction of sp³-hybridized carbons (Fsp3) is 0.111. The van der Waals surface area contributed by atoms with Crippen LogP contribution in [0.1, 0.15) is 0 Å². The van der Waals surface area contributed by atoms with Gasteiger partial charge in [-0.1, -0.05) is 6.07 Å². The van der Waals surface area contributed by atoms with Gasteiger partial charge in [-0.05, 0) is 12.1 Å². The first-order valence-corrected chi connectivity index (χ1v) is 4.00. The molecule has 0 radical (unpaired) electrons. The summed E-state index contributed by atoms with van der Waals surface area (Å²) in [6.07, 6.45) is 1.39. The first-order valence-electron chi connectivity index (χ1n) is 4.00. The van der Waals surface area contributed by atoms with Crippen LogP contribution in [-0.4, -0.2) is 20.9 Å². The van der Waals surface area contributed by atoms with Gasteiger partial charge in [0.1, 0.15) is 12.4 Å². The number of fused-ring (bicyclic) bond motifs is 1. The topological polar surface area (TPSA) is 55.1 Å². The Kier molecular flexibility index (Phi) is 1.92. The number of carbonyl (C=O) groups is 1. The van der Waals surface area contributed by atoms with E-state index in [1.54, 1.807) is 6.07 Å². The van der Waals surface area contributed by atoms with Crippen LogP contribution >= 0.6 is 0 Å². The van der Waals surface area contributed by atoms with Crippen molar-refractivity contribution in [2.24, 2.45) is 0 Å². The van der Waals surface area contributed by atoms with Gasteiger partial charge in [-0.3, -0.25) is 9.48 Å². The molecular formula is C9H7FN2O2. The highest BCUT2D eigenvalue weighted by atomic mass is 19.1. The SMILES string of the molecule is O=C(O)Cn1cc2c(F)cccc2n1. The molecule has 2 aromatic rings. The molecule has 0 amide bonds. The summed E-state index contributed by atoms with van der Waals surface area (Å²) in [5.74, 6) is -1.39. The summed E-state index contributed by atoms with van der Waals surface area (Å²) in [6.45, 7) is -0.256. The average molecular weight is 194 g/mol. The van der Waals surface area contributed by atoms with Gasteiger partial charge in [0.15, 0.2) is 0 Å². The monoisotopic (exact) mass is 194 g/mol. The van der Waals surface area contributed by atoms with E-state index < -0.39 is 5.97 Å². The summed E-state index contributed by atoms with van der Waals surface area (Å²) < 4.78 is 14.3. The number of carboxylic acids is 1. The lowest BCUT2D eigenvalue weighted by Crippen LogP contribution is -2.08. The highest BCUT2D eigenvalue weighted by Crippen LogP contribution is 2.15. The van der Waals surface area contributed by atoms with Crippen molar-refractivity contribution in [3.05, 3.63) is 30.2 Å². The van der Waals surface area contributed by atoms with Crippen LogP contribution in [0.25, 0.3) is 10.9 Å². The van der Waals surface area contributed by atoms with Crippen LogP contribution in [0.2, 0.25) is 0 Å². The molecule has 72 valence electrons. The van der Waals surface area contributed by atoms with E-state index in [2.05, 4.69) is 5.10 Å². The number of hydrogen-bond acceptors (Lipinski definition) is 2. The Morgan fingerprint density at radius 2 is 2.36 bits per heavy atom. The number of aliphatic carboxylic acids is 1. The summed E-state index contributed by atoms with van der Waals surface area (Å²) in [7, 11) is 0. The van der Waals surface area contributed by atoms with Gasteiger partial charge in [0.05, 0.1) is 10.9 Å². The molecule has 0 unspecified atom stereocenters. The van der Waals surface area contributed by atoms with Crippen LogP contribution in [-0.2, 0) is 11.3 Å². The normalized spacial score (nSPS) is 10.6. The summed E-state index contributed by atoms with van der Waals surface area (Å²) in [4.78, 5) is 10.4. The standard InChI is InChI=1S/C9H7FN2O2/c10-7-2-1-3-8-6(7)4-12(11-8)5-9(13)14/h1-4H,5H2,(H,13,14). The largest absolute Gasteiger partial charge is 0.480 e. The van der Waals surface area contributed by atoms with Gasteiger partial charge in [0, 0.05) is 6.20 Å². The highest BCUT2D eigenvalue weighted by Gasteiger charge is 2.06. The number of benzene rings is 1. The summed E-state index contributed by atoms with van der Waals surface area (Å²) in [5, 5.41) is 12.8. The number of carboxylic acid groups (broad SMARTS) is 1. The molecule has 0 bridgehead atoms. The van der Waals surface area contributed by atoms with Crippen molar-refractivity contribution in [1.82, 2.24) is 9.78 Å². The molecule has 0 aliphatic carbocycles. The number of aromatic nitrogens is 2. The Hall–Kier alpha value is -1.91. The van der Waals surface area contributed by atoms with E-state index in [1.807, 2.05) is 0 Å². The van der Waals surface area contributed by atoms with Crippen molar-refractivity contribution in [3.8, 4) is 0 Å². The van der Waals surface area contributed by atoms with E-state index >= 15 is 0 Å². The molecule has 0 aliphatic rings. The molecule has 0 fully saturated rings. The number of rotatable bonds is 2. The average Bonchev–Trinajstić information content (AvgIpc) is 2.47. The van der Waals surface area contributed by atoms with Crippen molar-refractivity contribution < 1.29 is 14.3 Å². The summed E-state index contributed by atoms with van der Waals surface area (Å²) >= 11 is 0. The zero-order valence-corrected chi connectivity index (χ0v) is 7.14. The van der Waals surface area contributed by atoms with Gasteiger partial charge in [-0.15, -0.1) is 0 Å². The van der Waals surface area contributed by atoms with E-state index in [-0.39, 0.29) is 12.4 Å². The van der Waals surface area contributed by atoms with E-state index in [0.717, 1.165) is 0 Å². The maximum atomic E-state index is 13.1. The number of hydrogen-bond donors (Lipinski definition) is 1. The minimum absolute atomic E-state index is 0.256. The minimum atomic E-state index is -1.00. The lowest BCUT2D eigenvalue weighted by Gasteiger charge is -1.92. The molecule has 0 atom stereocenters. The van der Waals surface area contributed by atoms with Gasteiger partial charge in [-0.2, -0.15) is 5.10 Å². The van der Waals surface area contributed by atoms with Crippen LogP contribution in [0.3, 0.4) is 0 Å². The van der Waals surface area contributed by atoms with Gasteiger partial charge in [-0.25, -0.2) is 4.39 Å². The van der Waals surface area contributed by atoms with Gasteiger partial charge in [0.25, 0.3) is 0 Å². The Morgan fingerprint density at radius 1 is 1.57 bits per heavy atom. The van der Waals surface area contributed by atoms with Crippen LogP contribution in [0.15, 0.2) is 24.4 Å². The molecule has 0 aliphatic heterocycles. The summed E-state index contributed by atoms with van der Waals surface area (Å²) in [5.41, 5.74) is 0.464. The third-order valence-electron chi connectivity index (χ3n) is 1.84. The molecule has 4 nitrogen and oxygen atoms in total. The highest BCUT2D eigenvalue weighted by molar-refractivity contribution is 5.79. The molecule has 1 N–H and O–H groups in total. The molecule has 5 heteroatoms. The molecule has 14 heavy (non-hydrogen) atoms. The molecule has 1 heterocycles. The molecule has 2 rings (SSSR count). The Morgan fingerprint density at radius 3 is 3.00 bits per heavy atom. The lowest BCUT2D eigenvalue weighted by atomic mass is 10.2. The van der Waals surface area contributed by atoms with E-state index in [0.29, 0.717) is 10.9 Å². The quantitative estimate of drug-likeness (QED) is 0.782. The predicted octanol–water partition coefficient (Wildman–Crippen LogP) is 1.26. The van der Waals surface area contributed by atoms with E-state index in [1.165, 1.54) is 23.0 Å². The van der Waals surface area contributed by atoms with E-state index in [4.69, 9.17) is 5.11 Å². The zero-order chi connectivity index (χ0) is 10.1. The summed E-state index contributed by atoms with van der Waals surface area (Å²) in [6, 6.07) is 4.49. The zero-order valence-electron chi connectivity index (χ0n) is 7.14. The van der Waals surface area contributed by atoms with Crippen molar-refractivity contribution in [2.45, 2.75) is 6.54 Å². The van der Waals surface area contributed by atoms with Gasteiger partial charge < -0.3 is 5.11 Å². The van der Waals surface area contributed by atoms with Crippen LogP contribution in [0.5, 0.6) is 0 Å². The lowest BCUT2D eigenvalue weighted by molar-refractivity contribution is -0.137. The fourth-order valence-electron chi connectivity index (χ4n) is 1.28. The predicted molar refractivity (Wildman–Crippen MR) is 47.3 cm³/mol. The Labute approximate surface area is 78.6 Å². The van der Waals surface area contributed by atoms with Crippen molar-refractivity contribution in [1.29, 1.82) is 0 Å². The smallest absolute Gasteiger partial charge is 0.325 e. The molecule has 1 aromatic carbocycles. The fourth-order valence-corrected chi connectivity index (χ4v) is 1.28. The second kappa shape index (κ2) is 3.10. The molecule has 0 saturated carbocycles. The maximum absolute atomic E-state index is 13.1. The Balaban J connectivity index is 2.51. The molecule has 0 spiro atoms. The van der Waals surface area contributed by atoms with Crippen LogP contribution in [0, 0.1) is 5.82 Å². The van der Waals surface area contributed by atoms with Crippen molar-refractivity contribution >= 4 is 16.9 Å². The molecule has 1 aromatic heterocycles. The second-order valence-corrected chi connectivity index (χ2v) is 2.89. The minimum Gasteiger partial charge on any atom is -0.480 e. The van der Waals surface area contributed by atoms with E-state index in [9.17, 15) is 9.18 Å². The van der Waals surface area contributed by atoms with Crippen molar-refractivity contribution in [2.75, 3.05) is 0 Å². The molecular weight excluding hydrogens is 187 g/mol. The van der Waals surface area contributed by atoms with Gasteiger partial charge >= 0.3 is 5.97 Å². The molecule has 0 saturated heterocycles. The van der Waals surface area contributed by atoms with Crippen LogP contribution in [0.4, 0.5) is 4.39 Å². The second-order valence-electron chi connectivity index (χ2n) is 2.89. The third kappa shape index (κ3) is 1.44. The third-order valence-corrected chi connectivity index (χ3v) is 1.84. The van der Waals surface area contributed by atoms with Gasteiger partial charge in [0.2, 0.25) is 0 Å². The maximum Gasteiger partial charge on any atom is 0.325 e. The number of nitrogens with zero attached hydrogens (tertiary/aromatic N) is 2. The Bertz CT molecular complexity index is 493. The first-order chi connectivity index (χ1) is 6.66. The van der Waals surface area contributed by atoms with Crippen molar-refractivity contribution in [3.63, 3.8) is 0 Å². The first kappa shape index (κ1) is 8.68. The number of halogens is 1. The van der Waals surface area contributed by atoms with Crippen LogP contribution < -0.4 is 0 Å².